The van der Waals surface area contributed by atoms with Crippen LogP contribution in [-0.4, -0.2) is 36.1 Å². The van der Waals surface area contributed by atoms with E-state index in [4.69, 9.17) is 5.21 Å². The molecule has 0 saturated heterocycles. The number of rotatable bonds is 7. The highest BCUT2D eigenvalue weighted by atomic mass is 127. The number of carbonyl (C=O) groups excluding carboxylic acids is 1. The Labute approximate surface area is 140 Å². The van der Waals surface area contributed by atoms with Crippen LogP contribution < -0.4 is 10.6 Å². The first-order chi connectivity index (χ1) is 10.2. The average Bonchev–Trinajstić information content (AvgIpc) is 2.46. The van der Waals surface area contributed by atoms with Crippen molar-refractivity contribution in [3.63, 3.8) is 0 Å². The minimum absolute atomic E-state index is 0.120. The van der Waals surface area contributed by atoms with Crippen molar-refractivity contribution in [1.82, 2.24) is 10.6 Å². The van der Waals surface area contributed by atoms with Crippen LogP contribution in [0.1, 0.15) is 13.8 Å². The van der Waals surface area contributed by atoms with E-state index in [1.807, 2.05) is 22.6 Å². The first kappa shape index (κ1) is 20.5. The SMILES string of the molecule is CC(=N\O)/C(C)=C(\C=C/I)NCCNC(=O)/C=C/C(F)(F)F. The van der Waals surface area contributed by atoms with Crippen molar-refractivity contribution in [3.05, 3.63) is 33.6 Å². The Kier molecular flexibility index (Phi) is 9.54. The predicted octanol–water partition coefficient (Wildman–Crippen LogP) is 2.88. The van der Waals surface area contributed by atoms with Gasteiger partial charge in [0.1, 0.15) is 0 Å². The molecule has 0 bridgehead atoms. The number of hydrogen-bond donors (Lipinski definition) is 3. The van der Waals surface area contributed by atoms with Crippen LogP contribution in [0, 0.1) is 0 Å². The summed E-state index contributed by atoms with van der Waals surface area (Å²) in [5.74, 6) is -0.820. The van der Waals surface area contributed by atoms with Crippen molar-refractivity contribution in [2.45, 2.75) is 20.0 Å². The fourth-order valence-electron chi connectivity index (χ4n) is 1.26. The third-order valence-corrected chi connectivity index (χ3v) is 2.85. The fraction of sp³-hybridized carbons (Fsp3) is 0.385. The summed E-state index contributed by atoms with van der Waals surface area (Å²) >= 11 is 2.02. The highest BCUT2D eigenvalue weighted by Crippen LogP contribution is 2.15. The molecule has 1 amide bonds. The predicted molar refractivity (Wildman–Crippen MR) is 87.0 cm³/mol. The Morgan fingerprint density at radius 2 is 1.82 bits per heavy atom. The lowest BCUT2D eigenvalue weighted by Gasteiger charge is -2.11. The molecule has 0 radical (unpaired) electrons. The van der Waals surface area contributed by atoms with E-state index in [0.29, 0.717) is 29.6 Å². The smallest absolute Gasteiger partial charge is 0.409 e. The third-order valence-electron chi connectivity index (χ3n) is 2.49. The van der Waals surface area contributed by atoms with E-state index in [-0.39, 0.29) is 12.6 Å². The summed E-state index contributed by atoms with van der Waals surface area (Å²) in [4.78, 5) is 11.1. The van der Waals surface area contributed by atoms with Crippen molar-refractivity contribution in [2.24, 2.45) is 5.16 Å². The molecule has 0 heterocycles. The number of oxime groups is 1. The van der Waals surface area contributed by atoms with Crippen LogP contribution in [0.5, 0.6) is 0 Å². The topological polar surface area (TPSA) is 73.7 Å². The number of carbonyl (C=O) groups is 1. The second-order valence-electron chi connectivity index (χ2n) is 4.11. The van der Waals surface area contributed by atoms with Gasteiger partial charge in [-0.3, -0.25) is 4.79 Å². The van der Waals surface area contributed by atoms with Gasteiger partial charge in [0, 0.05) is 30.9 Å². The molecule has 0 aliphatic carbocycles. The highest BCUT2D eigenvalue weighted by Gasteiger charge is 2.22. The van der Waals surface area contributed by atoms with E-state index in [9.17, 15) is 18.0 Å². The molecule has 0 spiro atoms. The Morgan fingerprint density at radius 3 is 2.32 bits per heavy atom. The average molecular weight is 431 g/mol. The standard InChI is InChI=1S/C13H17F3IN3O2/c1-9(10(2)20-22)11(4-6-17)18-7-8-19-12(21)3-5-13(14,15)16/h3-6,18,22H,7-8H2,1-2H3,(H,19,21)/b5-3+,6-4-,11-9+,20-10+. The molecule has 9 heteroatoms. The maximum Gasteiger partial charge on any atom is 0.409 e. The van der Waals surface area contributed by atoms with Crippen LogP contribution in [0.25, 0.3) is 0 Å². The van der Waals surface area contributed by atoms with Crippen LogP contribution in [0.4, 0.5) is 13.2 Å². The maximum atomic E-state index is 11.9. The second kappa shape index (κ2) is 10.2. The molecule has 124 valence electrons. The normalized spacial score (nSPS) is 14.4. The largest absolute Gasteiger partial charge is 0.411 e. The molecule has 0 aromatic rings. The molecule has 3 N–H and O–H groups in total. The van der Waals surface area contributed by atoms with E-state index in [0.717, 1.165) is 0 Å². The number of allylic oxidation sites excluding steroid dienone is 3. The van der Waals surface area contributed by atoms with Gasteiger partial charge in [0.15, 0.2) is 0 Å². The molecule has 22 heavy (non-hydrogen) atoms. The lowest BCUT2D eigenvalue weighted by Crippen LogP contribution is -2.31. The fourth-order valence-corrected chi connectivity index (χ4v) is 1.62. The van der Waals surface area contributed by atoms with Gasteiger partial charge in [-0.2, -0.15) is 13.2 Å². The third kappa shape index (κ3) is 9.42. The molecule has 0 saturated carbocycles. The molecule has 0 fully saturated rings. The molecule has 0 rings (SSSR count). The lowest BCUT2D eigenvalue weighted by atomic mass is 10.1. The van der Waals surface area contributed by atoms with E-state index < -0.39 is 12.1 Å². The van der Waals surface area contributed by atoms with Gasteiger partial charge in [0.25, 0.3) is 0 Å². The molecular weight excluding hydrogens is 414 g/mol. The van der Waals surface area contributed by atoms with E-state index in [2.05, 4.69) is 15.8 Å². The van der Waals surface area contributed by atoms with Crippen molar-refractivity contribution in [1.29, 1.82) is 0 Å². The molecule has 0 atom stereocenters. The van der Waals surface area contributed by atoms with Crippen molar-refractivity contribution < 1.29 is 23.2 Å². The Morgan fingerprint density at radius 1 is 1.23 bits per heavy atom. The molecule has 0 aromatic heterocycles. The second-order valence-corrected chi connectivity index (χ2v) is 4.83. The van der Waals surface area contributed by atoms with Gasteiger partial charge in [-0.25, -0.2) is 0 Å². The quantitative estimate of drug-likeness (QED) is 0.110. The number of hydrogen-bond acceptors (Lipinski definition) is 4. The first-order valence-electron chi connectivity index (χ1n) is 6.15. The summed E-state index contributed by atoms with van der Waals surface area (Å²) in [6, 6.07) is 0. The Hall–Kier alpha value is -1.52. The summed E-state index contributed by atoms with van der Waals surface area (Å²) in [6.07, 6.45) is -2.44. The number of alkyl halides is 3. The Bertz CT molecular complexity index is 497. The minimum atomic E-state index is -4.51. The van der Waals surface area contributed by atoms with Gasteiger partial charge < -0.3 is 15.8 Å². The number of halogens is 4. The van der Waals surface area contributed by atoms with Crippen molar-refractivity contribution in [3.8, 4) is 0 Å². The summed E-state index contributed by atoms with van der Waals surface area (Å²) in [6.45, 7) is 3.82. The Balaban J connectivity index is 4.44. The summed E-state index contributed by atoms with van der Waals surface area (Å²) in [5, 5.41) is 17.1. The molecule has 5 nitrogen and oxygen atoms in total. The van der Waals surface area contributed by atoms with E-state index >= 15 is 0 Å². The van der Waals surface area contributed by atoms with Crippen LogP contribution in [-0.2, 0) is 4.79 Å². The maximum absolute atomic E-state index is 11.9. The zero-order valence-electron chi connectivity index (χ0n) is 12.0. The van der Waals surface area contributed by atoms with Crippen LogP contribution >= 0.6 is 22.6 Å². The summed E-state index contributed by atoms with van der Waals surface area (Å²) in [7, 11) is 0. The van der Waals surface area contributed by atoms with Gasteiger partial charge in [-0.1, -0.05) is 27.7 Å². The lowest BCUT2D eigenvalue weighted by molar-refractivity contribution is -0.117. The van der Waals surface area contributed by atoms with Gasteiger partial charge in [-0.15, -0.1) is 0 Å². The summed E-state index contributed by atoms with van der Waals surface area (Å²) < 4.78 is 37.4. The van der Waals surface area contributed by atoms with Gasteiger partial charge >= 0.3 is 6.18 Å². The minimum Gasteiger partial charge on any atom is -0.411 e. The zero-order chi connectivity index (χ0) is 17.2. The monoisotopic (exact) mass is 431 g/mol. The first-order valence-corrected chi connectivity index (χ1v) is 7.40. The van der Waals surface area contributed by atoms with Gasteiger partial charge in [0.2, 0.25) is 5.91 Å². The van der Waals surface area contributed by atoms with Gasteiger partial charge in [0.05, 0.1) is 5.71 Å². The van der Waals surface area contributed by atoms with Crippen LogP contribution in [0.3, 0.4) is 0 Å². The van der Waals surface area contributed by atoms with Crippen molar-refractivity contribution >= 4 is 34.2 Å². The molecular formula is C13H17F3IN3O2. The van der Waals surface area contributed by atoms with E-state index in [1.54, 1.807) is 24.0 Å². The van der Waals surface area contributed by atoms with Gasteiger partial charge in [-0.05, 0) is 29.6 Å². The van der Waals surface area contributed by atoms with Crippen molar-refractivity contribution in [2.75, 3.05) is 13.1 Å². The zero-order valence-corrected chi connectivity index (χ0v) is 14.2. The molecule has 0 unspecified atom stereocenters. The highest BCUT2D eigenvalue weighted by molar-refractivity contribution is 14.1. The number of amides is 1. The van der Waals surface area contributed by atoms with Crippen LogP contribution in [0.2, 0.25) is 0 Å². The molecule has 0 aromatic carbocycles. The number of nitrogens with zero attached hydrogens (tertiary/aromatic N) is 1. The van der Waals surface area contributed by atoms with Crippen LogP contribution in [0.15, 0.2) is 38.7 Å². The summed E-state index contributed by atoms with van der Waals surface area (Å²) in [5.41, 5.74) is 1.82. The van der Waals surface area contributed by atoms with E-state index in [1.165, 1.54) is 0 Å². The molecule has 0 aliphatic heterocycles. The number of nitrogens with one attached hydrogen (secondary N) is 2. The molecule has 0 aliphatic rings.